The van der Waals surface area contributed by atoms with E-state index in [4.69, 9.17) is 0 Å². The Bertz CT molecular complexity index is 574. The van der Waals surface area contributed by atoms with Crippen molar-refractivity contribution in [3.63, 3.8) is 0 Å². The summed E-state index contributed by atoms with van der Waals surface area (Å²) in [6.07, 6.45) is 3.10. The van der Waals surface area contributed by atoms with Crippen LogP contribution in [-0.4, -0.2) is 45.8 Å². The van der Waals surface area contributed by atoms with Gasteiger partial charge in [0.25, 0.3) is 0 Å². The number of hydrogen-bond donors (Lipinski definition) is 1. The molecule has 0 spiro atoms. The normalized spacial score (nSPS) is 20.7. The van der Waals surface area contributed by atoms with Crippen LogP contribution in [0.1, 0.15) is 12.1 Å². The number of anilines is 1. The summed E-state index contributed by atoms with van der Waals surface area (Å²) in [7, 11) is 4.09. The summed E-state index contributed by atoms with van der Waals surface area (Å²) in [5.41, 5.74) is 3.08. The van der Waals surface area contributed by atoms with Gasteiger partial charge in [-0.15, -0.1) is 0 Å². The van der Waals surface area contributed by atoms with Crippen molar-refractivity contribution in [1.29, 1.82) is 0 Å². The molecule has 2 aromatic rings. The Hall–Kier alpha value is -1.62. The number of hydrogen-bond acceptors (Lipinski definition) is 4. The predicted octanol–water partition coefficient (Wildman–Crippen LogP) is 1.39. The largest absolute Gasteiger partial charge is 0.380 e. The van der Waals surface area contributed by atoms with Crippen LogP contribution in [0.25, 0.3) is 11.0 Å². The van der Waals surface area contributed by atoms with Gasteiger partial charge in [0.1, 0.15) is 0 Å². The zero-order valence-corrected chi connectivity index (χ0v) is 11.1. The van der Waals surface area contributed by atoms with Gasteiger partial charge in [-0.05, 0) is 33.0 Å². The minimum atomic E-state index is 0.534. The predicted molar refractivity (Wildman–Crippen MR) is 72.8 cm³/mol. The van der Waals surface area contributed by atoms with Gasteiger partial charge in [0, 0.05) is 25.0 Å². The molecule has 96 valence electrons. The van der Waals surface area contributed by atoms with Gasteiger partial charge in [-0.3, -0.25) is 4.68 Å². The molecule has 0 aliphatic carbocycles. The molecule has 1 saturated heterocycles. The van der Waals surface area contributed by atoms with Gasteiger partial charge >= 0.3 is 0 Å². The summed E-state index contributed by atoms with van der Waals surface area (Å²) in [5.74, 6) is 0. The Morgan fingerprint density at radius 1 is 1.39 bits per heavy atom. The molecule has 0 amide bonds. The lowest BCUT2D eigenvalue weighted by molar-refractivity contribution is 0.414. The zero-order valence-electron chi connectivity index (χ0n) is 11.1. The standard InChI is InChI=1S/C13H19N5/c1-9-12-6-11(7-14-13(12)18(3)16-9)15-10-4-5-17(2)8-10/h6-7,10,15H,4-5,8H2,1-3H3. The lowest BCUT2D eigenvalue weighted by Gasteiger charge is -2.13. The van der Waals surface area contributed by atoms with Crippen LogP contribution in [0.4, 0.5) is 5.69 Å². The summed E-state index contributed by atoms with van der Waals surface area (Å²) in [4.78, 5) is 6.83. The number of aryl methyl sites for hydroxylation is 2. The zero-order chi connectivity index (χ0) is 12.7. The molecule has 3 heterocycles. The summed E-state index contributed by atoms with van der Waals surface area (Å²) in [5, 5.41) is 9.09. The van der Waals surface area contributed by atoms with E-state index in [1.807, 2.05) is 24.9 Å². The first-order chi connectivity index (χ1) is 8.63. The van der Waals surface area contributed by atoms with Gasteiger partial charge in [-0.1, -0.05) is 0 Å². The number of nitrogens with one attached hydrogen (secondary N) is 1. The first kappa shape index (κ1) is 11.5. The fourth-order valence-corrected chi connectivity index (χ4v) is 2.68. The molecule has 1 fully saturated rings. The molecule has 1 aliphatic heterocycles. The van der Waals surface area contributed by atoms with E-state index in [-0.39, 0.29) is 0 Å². The Morgan fingerprint density at radius 2 is 2.22 bits per heavy atom. The van der Waals surface area contributed by atoms with Crippen molar-refractivity contribution in [2.45, 2.75) is 19.4 Å². The topological polar surface area (TPSA) is 46.0 Å². The monoisotopic (exact) mass is 245 g/mol. The van der Waals surface area contributed by atoms with Crippen LogP contribution in [0.5, 0.6) is 0 Å². The number of rotatable bonds is 2. The Labute approximate surface area is 107 Å². The highest BCUT2D eigenvalue weighted by Crippen LogP contribution is 2.21. The van der Waals surface area contributed by atoms with Crippen LogP contribution >= 0.6 is 0 Å². The lowest BCUT2D eigenvalue weighted by atomic mass is 10.2. The first-order valence-electron chi connectivity index (χ1n) is 6.38. The van der Waals surface area contributed by atoms with Crippen LogP contribution in [0.2, 0.25) is 0 Å². The molecule has 1 N–H and O–H groups in total. The average molecular weight is 245 g/mol. The molecule has 0 bridgehead atoms. The third kappa shape index (κ3) is 1.95. The second-order valence-corrected chi connectivity index (χ2v) is 5.20. The Kier molecular flexibility index (Phi) is 2.70. The second kappa shape index (κ2) is 4.24. The van der Waals surface area contributed by atoms with Gasteiger partial charge < -0.3 is 10.2 Å². The van der Waals surface area contributed by atoms with Gasteiger partial charge in [0.2, 0.25) is 0 Å². The molecule has 5 heteroatoms. The molecule has 3 rings (SSSR count). The maximum atomic E-state index is 4.49. The van der Waals surface area contributed by atoms with Crippen LogP contribution in [0.15, 0.2) is 12.3 Å². The molecule has 5 nitrogen and oxygen atoms in total. The summed E-state index contributed by atoms with van der Waals surface area (Å²) >= 11 is 0. The van der Waals surface area contributed by atoms with E-state index in [2.05, 4.69) is 33.4 Å². The Morgan fingerprint density at radius 3 is 2.94 bits per heavy atom. The van der Waals surface area contributed by atoms with Crippen molar-refractivity contribution < 1.29 is 0 Å². The molecule has 0 saturated carbocycles. The highest BCUT2D eigenvalue weighted by molar-refractivity contribution is 5.81. The number of likely N-dealkylation sites (N-methyl/N-ethyl adjacent to an activating group) is 1. The van der Waals surface area contributed by atoms with Crippen LogP contribution in [-0.2, 0) is 7.05 Å². The maximum absolute atomic E-state index is 4.49. The molecular weight excluding hydrogens is 226 g/mol. The van der Waals surface area contributed by atoms with Gasteiger partial charge in [0.15, 0.2) is 5.65 Å². The molecule has 0 radical (unpaired) electrons. The van der Waals surface area contributed by atoms with Crippen molar-refractivity contribution in [2.24, 2.45) is 7.05 Å². The smallest absolute Gasteiger partial charge is 0.157 e. The van der Waals surface area contributed by atoms with E-state index >= 15 is 0 Å². The van der Waals surface area contributed by atoms with Crippen molar-refractivity contribution in [3.8, 4) is 0 Å². The lowest BCUT2D eigenvalue weighted by Crippen LogP contribution is -2.23. The summed E-state index contributed by atoms with van der Waals surface area (Å²) in [6.45, 7) is 4.29. The van der Waals surface area contributed by atoms with Crippen LogP contribution < -0.4 is 5.32 Å². The van der Waals surface area contributed by atoms with Gasteiger partial charge in [0.05, 0.1) is 17.6 Å². The van der Waals surface area contributed by atoms with E-state index in [1.54, 1.807) is 0 Å². The SMILES string of the molecule is Cc1nn(C)c2ncc(NC3CCN(C)C3)cc12. The molecule has 0 aromatic carbocycles. The highest BCUT2D eigenvalue weighted by atomic mass is 15.3. The van der Waals surface area contributed by atoms with Gasteiger partial charge in [-0.2, -0.15) is 5.10 Å². The van der Waals surface area contributed by atoms with E-state index in [1.165, 1.54) is 13.0 Å². The minimum Gasteiger partial charge on any atom is -0.380 e. The maximum Gasteiger partial charge on any atom is 0.157 e. The van der Waals surface area contributed by atoms with Crippen molar-refractivity contribution >= 4 is 16.7 Å². The number of fused-ring (bicyclic) bond motifs is 1. The van der Waals surface area contributed by atoms with Crippen LogP contribution in [0, 0.1) is 6.92 Å². The molecule has 18 heavy (non-hydrogen) atoms. The molecule has 2 aromatic heterocycles. The molecule has 1 aliphatic rings. The fraction of sp³-hybridized carbons (Fsp3) is 0.538. The second-order valence-electron chi connectivity index (χ2n) is 5.20. The summed E-state index contributed by atoms with van der Waals surface area (Å²) in [6, 6.07) is 2.69. The number of nitrogens with zero attached hydrogens (tertiary/aromatic N) is 4. The van der Waals surface area contributed by atoms with Crippen molar-refractivity contribution in [2.75, 3.05) is 25.5 Å². The van der Waals surface area contributed by atoms with Crippen LogP contribution in [0.3, 0.4) is 0 Å². The molecule has 1 unspecified atom stereocenters. The third-order valence-corrected chi connectivity index (χ3v) is 3.63. The third-order valence-electron chi connectivity index (χ3n) is 3.63. The van der Waals surface area contributed by atoms with Gasteiger partial charge in [-0.25, -0.2) is 4.98 Å². The first-order valence-corrected chi connectivity index (χ1v) is 6.38. The van der Waals surface area contributed by atoms with E-state index in [0.29, 0.717) is 6.04 Å². The summed E-state index contributed by atoms with van der Waals surface area (Å²) < 4.78 is 1.83. The number of aromatic nitrogens is 3. The van der Waals surface area contributed by atoms with Crippen molar-refractivity contribution in [1.82, 2.24) is 19.7 Å². The van der Waals surface area contributed by atoms with Crippen molar-refractivity contribution in [3.05, 3.63) is 18.0 Å². The number of pyridine rings is 1. The number of likely N-dealkylation sites (tertiary alicyclic amines) is 1. The molecular formula is C13H19N5. The fourth-order valence-electron chi connectivity index (χ4n) is 2.68. The molecule has 1 atom stereocenters. The average Bonchev–Trinajstić information content (AvgIpc) is 2.85. The highest BCUT2D eigenvalue weighted by Gasteiger charge is 2.19. The van der Waals surface area contributed by atoms with E-state index in [0.717, 1.165) is 29.0 Å². The van der Waals surface area contributed by atoms with E-state index in [9.17, 15) is 0 Å². The van der Waals surface area contributed by atoms with E-state index < -0.39 is 0 Å². The minimum absolute atomic E-state index is 0.534. The Balaban J connectivity index is 1.87. The quantitative estimate of drug-likeness (QED) is 0.868.